The first-order valence-corrected chi connectivity index (χ1v) is 4.70. The average molecular weight is 276 g/mol. The van der Waals surface area contributed by atoms with E-state index in [-0.39, 0.29) is 0 Å². The van der Waals surface area contributed by atoms with Crippen LogP contribution in [0.3, 0.4) is 0 Å². The normalized spacial score (nSPS) is 10.7. The fraction of sp³-hybridized carbons (Fsp3) is 0. The van der Waals surface area contributed by atoms with E-state index in [0.717, 1.165) is 20.1 Å². The molecule has 56 valence electrons. The van der Waals surface area contributed by atoms with Crippen molar-refractivity contribution in [3.8, 4) is 0 Å². The van der Waals surface area contributed by atoms with Crippen LogP contribution >= 0.6 is 31.9 Å². The van der Waals surface area contributed by atoms with Crippen molar-refractivity contribution in [2.75, 3.05) is 0 Å². The van der Waals surface area contributed by atoms with Crippen molar-refractivity contribution in [3.63, 3.8) is 0 Å². The number of para-hydroxylation sites is 1. The lowest BCUT2D eigenvalue weighted by molar-refractivity contribution is 0.585. The molecule has 0 aliphatic rings. The molecule has 0 atom stereocenters. The molecule has 0 aliphatic carbocycles. The van der Waals surface area contributed by atoms with Gasteiger partial charge in [-0.1, -0.05) is 12.1 Å². The van der Waals surface area contributed by atoms with Crippen LogP contribution in [-0.2, 0) is 0 Å². The van der Waals surface area contributed by atoms with Gasteiger partial charge in [0.2, 0.25) is 0 Å². The fourth-order valence-electron chi connectivity index (χ4n) is 0.984. The lowest BCUT2D eigenvalue weighted by Crippen LogP contribution is -1.60. The smallest absolute Gasteiger partial charge is 0.184 e. The van der Waals surface area contributed by atoms with E-state index in [4.69, 9.17) is 4.42 Å². The maximum Gasteiger partial charge on any atom is 0.184 e. The summed E-state index contributed by atoms with van der Waals surface area (Å²) in [5, 5.41) is 1.10. The van der Waals surface area contributed by atoms with E-state index >= 15 is 0 Å². The zero-order valence-electron chi connectivity index (χ0n) is 5.47. The van der Waals surface area contributed by atoms with Gasteiger partial charge in [0, 0.05) is 5.39 Å². The third-order valence-corrected chi connectivity index (χ3v) is 3.37. The minimum absolute atomic E-state index is 0.749. The Bertz CT molecular complexity index is 392. The Hall–Kier alpha value is -0.280. The molecule has 0 radical (unpaired) electrons. The molecule has 2 aromatic rings. The molecule has 3 heteroatoms. The molecule has 0 fully saturated rings. The standard InChI is InChI=1S/C8H4Br2O/c9-7-5-3-1-2-4-6(5)11-8(7)10/h1-4H. The highest BCUT2D eigenvalue weighted by molar-refractivity contribution is 9.13. The van der Waals surface area contributed by atoms with Gasteiger partial charge in [-0.15, -0.1) is 0 Å². The molecule has 11 heavy (non-hydrogen) atoms. The van der Waals surface area contributed by atoms with Crippen molar-refractivity contribution in [2.24, 2.45) is 0 Å². The van der Waals surface area contributed by atoms with E-state index in [1.54, 1.807) is 0 Å². The molecule has 0 bridgehead atoms. The van der Waals surface area contributed by atoms with E-state index in [1.807, 2.05) is 24.3 Å². The summed E-state index contributed by atoms with van der Waals surface area (Å²) in [5.74, 6) is 0. The first kappa shape index (κ1) is 7.37. The van der Waals surface area contributed by atoms with Gasteiger partial charge >= 0.3 is 0 Å². The van der Waals surface area contributed by atoms with E-state index in [2.05, 4.69) is 31.9 Å². The molecule has 0 saturated carbocycles. The number of benzene rings is 1. The number of hydrogen-bond acceptors (Lipinski definition) is 1. The van der Waals surface area contributed by atoms with Gasteiger partial charge in [-0.05, 0) is 44.0 Å². The van der Waals surface area contributed by atoms with Crippen molar-refractivity contribution >= 4 is 42.8 Å². The monoisotopic (exact) mass is 274 g/mol. The minimum Gasteiger partial charge on any atom is -0.448 e. The van der Waals surface area contributed by atoms with Crippen LogP contribution in [0.25, 0.3) is 11.0 Å². The minimum atomic E-state index is 0.749. The topological polar surface area (TPSA) is 13.1 Å². The second kappa shape index (κ2) is 2.64. The quantitative estimate of drug-likeness (QED) is 0.709. The summed E-state index contributed by atoms with van der Waals surface area (Å²) in [6, 6.07) is 7.87. The molecular weight excluding hydrogens is 272 g/mol. The molecule has 1 aromatic heterocycles. The van der Waals surface area contributed by atoms with Crippen molar-refractivity contribution in [2.45, 2.75) is 0 Å². The summed E-state index contributed by atoms with van der Waals surface area (Å²) in [5.41, 5.74) is 0.895. The van der Waals surface area contributed by atoms with Gasteiger partial charge in [0.15, 0.2) is 4.67 Å². The zero-order valence-corrected chi connectivity index (χ0v) is 8.65. The van der Waals surface area contributed by atoms with Crippen LogP contribution in [0.4, 0.5) is 0 Å². The summed E-state index contributed by atoms with van der Waals surface area (Å²) in [4.78, 5) is 0. The predicted molar refractivity (Wildman–Crippen MR) is 51.6 cm³/mol. The van der Waals surface area contributed by atoms with E-state index in [1.165, 1.54) is 0 Å². The highest BCUT2D eigenvalue weighted by atomic mass is 79.9. The van der Waals surface area contributed by atoms with Crippen molar-refractivity contribution in [1.29, 1.82) is 0 Å². The molecule has 1 nitrogen and oxygen atoms in total. The van der Waals surface area contributed by atoms with Crippen LogP contribution in [0.15, 0.2) is 37.8 Å². The maximum atomic E-state index is 5.37. The molecule has 0 spiro atoms. The van der Waals surface area contributed by atoms with Crippen molar-refractivity contribution < 1.29 is 4.42 Å². The van der Waals surface area contributed by atoms with E-state index in [0.29, 0.717) is 0 Å². The van der Waals surface area contributed by atoms with E-state index in [9.17, 15) is 0 Å². The third kappa shape index (κ3) is 1.12. The molecule has 0 unspecified atom stereocenters. The molecular formula is C8H4Br2O. The van der Waals surface area contributed by atoms with Crippen LogP contribution in [0.2, 0.25) is 0 Å². The van der Waals surface area contributed by atoms with Gasteiger partial charge in [-0.3, -0.25) is 0 Å². The van der Waals surface area contributed by atoms with Gasteiger partial charge in [-0.2, -0.15) is 0 Å². The first-order chi connectivity index (χ1) is 5.29. The molecule has 0 N–H and O–H groups in total. The van der Waals surface area contributed by atoms with Gasteiger partial charge in [-0.25, -0.2) is 0 Å². The van der Waals surface area contributed by atoms with Crippen LogP contribution in [0.5, 0.6) is 0 Å². The maximum absolute atomic E-state index is 5.37. The number of furan rings is 1. The SMILES string of the molecule is Brc1oc2ccccc2c1Br. The first-order valence-electron chi connectivity index (χ1n) is 3.11. The zero-order chi connectivity index (χ0) is 7.84. The Morgan fingerprint density at radius 2 is 1.82 bits per heavy atom. The Labute approximate surface area is 80.6 Å². The molecule has 2 rings (SSSR count). The Morgan fingerprint density at radius 3 is 2.55 bits per heavy atom. The molecule has 0 aliphatic heterocycles. The number of halogens is 2. The predicted octanol–water partition coefficient (Wildman–Crippen LogP) is 3.96. The molecule has 1 aromatic carbocycles. The summed E-state index contributed by atoms with van der Waals surface area (Å²) >= 11 is 6.71. The third-order valence-electron chi connectivity index (χ3n) is 1.50. The largest absolute Gasteiger partial charge is 0.448 e. The summed E-state index contributed by atoms with van der Waals surface area (Å²) in [6.45, 7) is 0. The highest BCUT2D eigenvalue weighted by Gasteiger charge is 2.06. The number of fused-ring (bicyclic) bond motifs is 1. The van der Waals surface area contributed by atoms with Gasteiger partial charge in [0.1, 0.15) is 5.58 Å². The van der Waals surface area contributed by atoms with Gasteiger partial charge in [0.05, 0.1) is 4.47 Å². The molecule has 0 amide bonds. The fourth-order valence-corrected chi connectivity index (χ4v) is 1.78. The second-order valence-electron chi connectivity index (χ2n) is 2.19. The summed E-state index contributed by atoms with van der Waals surface area (Å²) in [6.07, 6.45) is 0. The van der Waals surface area contributed by atoms with Crippen molar-refractivity contribution in [3.05, 3.63) is 33.4 Å². The van der Waals surface area contributed by atoms with Crippen LogP contribution in [0.1, 0.15) is 0 Å². The highest BCUT2D eigenvalue weighted by Crippen LogP contribution is 2.33. The summed E-state index contributed by atoms with van der Waals surface area (Å²) < 4.78 is 7.10. The Kier molecular flexibility index (Phi) is 1.77. The molecule has 0 saturated heterocycles. The van der Waals surface area contributed by atoms with Gasteiger partial charge in [0.25, 0.3) is 0 Å². The summed E-state index contributed by atoms with van der Waals surface area (Å²) in [7, 11) is 0. The van der Waals surface area contributed by atoms with Crippen molar-refractivity contribution in [1.82, 2.24) is 0 Å². The number of rotatable bonds is 0. The lowest BCUT2D eigenvalue weighted by Gasteiger charge is -1.83. The Morgan fingerprint density at radius 1 is 1.09 bits per heavy atom. The second-order valence-corrected chi connectivity index (χ2v) is 3.70. The van der Waals surface area contributed by atoms with Crippen LogP contribution in [-0.4, -0.2) is 0 Å². The average Bonchev–Trinajstić information content (AvgIpc) is 2.30. The van der Waals surface area contributed by atoms with Crippen LogP contribution < -0.4 is 0 Å². The Balaban J connectivity index is 2.92. The lowest BCUT2D eigenvalue weighted by atomic mass is 10.3. The van der Waals surface area contributed by atoms with Gasteiger partial charge < -0.3 is 4.42 Å². The molecule has 1 heterocycles. The number of hydrogen-bond donors (Lipinski definition) is 0. The van der Waals surface area contributed by atoms with E-state index < -0.39 is 0 Å². The van der Waals surface area contributed by atoms with Crippen LogP contribution in [0, 0.1) is 0 Å².